The molecule has 0 heterocycles. The van der Waals surface area contributed by atoms with Gasteiger partial charge in [-0.05, 0) is 53.4 Å². The average Bonchev–Trinajstić information content (AvgIpc) is 2.63. The van der Waals surface area contributed by atoms with Gasteiger partial charge in [-0.2, -0.15) is 5.26 Å². The lowest BCUT2D eigenvalue weighted by atomic mass is 9.92. The summed E-state index contributed by atoms with van der Waals surface area (Å²) in [7, 11) is 1.60. The summed E-state index contributed by atoms with van der Waals surface area (Å²) in [6, 6.07) is 10.5. The summed E-state index contributed by atoms with van der Waals surface area (Å²) in [5.74, 6) is -6.54. The van der Waals surface area contributed by atoms with Gasteiger partial charge in [-0.3, -0.25) is 0 Å². The number of nitrogens with zero attached hydrogens (tertiary/aromatic N) is 1. The van der Waals surface area contributed by atoms with E-state index in [-0.39, 0.29) is 11.3 Å². The molecule has 0 saturated heterocycles. The van der Waals surface area contributed by atoms with Crippen molar-refractivity contribution in [3.63, 3.8) is 0 Å². The third kappa shape index (κ3) is 5.05. The number of benzene rings is 2. The fourth-order valence-corrected chi connectivity index (χ4v) is 3.02. The van der Waals surface area contributed by atoms with Gasteiger partial charge in [-0.25, -0.2) is 17.6 Å². The smallest absolute Gasteiger partial charge is 0.270 e. The van der Waals surface area contributed by atoms with Crippen LogP contribution in [-0.2, 0) is 11.8 Å². The molecule has 2 aromatic rings. The molecule has 152 valence electrons. The maximum absolute atomic E-state index is 13.9. The number of allylic oxidation sites excluding steroid dienone is 3. The topological polar surface area (TPSA) is 35.8 Å². The number of halogens is 4. The van der Waals surface area contributed by atoms with Crippen molar-refractivity contribution in [1.29, 1.82) is 5.26 Å². The molecule has 0 unspecified atom stereocenters. The van der Waals surface area contributed by atoms with Gasteiger partial charge in [0.2, 0.25) is 0 Å². The second-order valence-electron chi connectivity index (χ2n) is 7.02. The molecule has 0 fully saturated rings. The third-order valence-electron chi connectivity index (χ3n) is 4.50. The number of rotatable bonds is 6. The maximum Gasteiger partial charge on any atom is 0.270 e. The molecule has 0 amide bonds. The van der Waals surface area contributed by atoms with Gasteiger partial charge in [-0.1, -0.05) is 24.8 Å². The Hall–Kier alpha value is -3.07. The molecule has 0 bridgehead atoms. The van der Waals surface area contributed by atoms with E-state index in [2.05, 4.69) is 11.9 Å². The maximum atomic E-state index is 13.9. The molecule has 0 aromatic heterocycles. The van der Waals surface area contributed by atoms with E-state index in [1.807, 2.05) is 12.1 Å². The first-order chi connectivity index (χ1) is 13.4. The van der Waals surface area contributed by atoms with Crippen LogP contribution in [0.4, 0.5) is 17.6 Å². The van der Waals surface area contributed by atoms with Crippen molar-refractivity contribution in [3.8, 4) is 17.2 Å². The van der Waals surface area contributed by atoms with E-state index in [0.29, 0.717) is 30.5 Å². The SMILES string of the molecule is C=C/C(=C(/C#N)NC)c1cc(C)cc(-c2cc(C(C)(F)F)cc(C(C)(F)F)c2)c1. The second-order valence-corrected chi connectivity index (χ2v) is 7.02. The van der Waals surface area contributed by atoms with Crippen LogP contribution in [0.5, 0.6) is 0 Å². The summed E-state index contributed by atoms with van der Waals surface area (Å²) < 4.78 is 55.8. The summed E-state index contributed by atoms with van der Waals surface area (Å²) in [5.41, 5.74) is 1.98. The minimum atomic E-state index is -3.27. The largest absolute Gasteiger partial charge is 0.379 e. The minimum Gasteiger partial charge on any atom is -0.379 e. The van der Waals surface area contributed by atoms with E-state index in [9.17, 15) is 22.8 Å². The number of nitriles is 1. The van der Waals surface area contributed by atoms with Gasteiger partial charge in [0.15, 0.2) is 0 Å². The average molecular weight is 402 g/mol. The molecule has 0 aliphatic carbocycles. The number of alkyl halides is 4. The van der Waals surface area contributed by atoms with Gasteiger partial charge in [0.1, 0.15) is 11.8 Å². The molecule has 2 rings (SSSR count). The Morgan fingerprint density at radius 1 is 0.966 bits per heavy atom. The van der Waals surface area contributed by atoms with Crippen LogP contribution in [0, 0.1) is 18.3 Å². The Labute approximate surface area is 168 Å². The predicted octanol–water partition coefficient (Wildman–Crippen LogP) is 6.53. The lowest BCUT2D eigenvalue weighted by Gasteiger charge is -2.19. The van der Waals surface area contributed by atoms with Crippen molar-refractivity contribution in [1.82, 2.24) is 5.32 Å². The van der Waals surface area contributed by atoms with E-state index >= 15 is 0 Å². The van der Waals surface area contributed by atoms with Crippen molar-refractivity contribution < 1.29 is 17.6 Å². The van der Waals surface area contributed by atoms with Crippen molar-refractivity contribution in [3.05, 3.63) is 77.0 Å². The summed E-state index contributed by atoms with van der Waals surface area (Å²) in [6.07, 6.45) is 1.51. The van der Waals surface area contributed by atoms with Gasteiger partial charge in [0, 0.05) is 37.6 Å². The van der Waals surface area contributed by atoms with E-state index in [1.165, 1.54) is 18.2 Å². The Bertz CT molecular complexity index is 971. The van der Waals surface area contributed by atoms with Crippen LogP contribution in [0.1, 0.15) is 36.1 Å². The number of hydrogen-bond donors (Lipinski definition) is 1. The summed E-state index contributed by atoms with van der Waals surface area (Å²) in [5, 5.41) is 12.1. The van der Waals surface area contributed by atoms with Crippen molar-refractivity contribution in [2.24, 2.45) is 0 Å². The van der Waals surface area contributed by atoms with E-state index in [1.54, 1.807) is 26.1 Å². The first-order valence-corrected chi connectivity index (χ1v) is 8.89. The van der Waals surface area contributed by atoms with Crippen LogP contribution in [-0.4, -0.2) is 7.05 Å². The van der Waals surface area contributed by atoms with Crippen LogP contribution in [0.25, 0.3) is 16.7 Å². The molecule has 1 N–H and O–H groups in total. The predicted molar refractivity (Wildman–Crippen MR) is 108 cm³/mol. The first-order valence-electron chi connectivity index (χ1n) is 8.89. The molecule has 0 aliphatic rings. The number of aryl methyl sites for hydroxylation is 1. The summed E-state index contributed by atoms with van der Waals surface area (Å²) in [4.78, 5) is 0. The number of nitrogens with one attached hydrogen (secondary N) is 1. The van der Waals surface area contributed by atoms with E-state index in [0.717, 1.165) is 11.6 Å². The zero-order valence-electron chi connectivity index (χ0n) is 16.7. The van der Waals surface area contributed by atoms with Crippen LogP contribution in [0.3, 0.4) is 0 Å². The summed E-state index contributed by atoms with van der Waals surface area (Å²) in [6.45, 7) is 6.88. The molecule has 0 aliphatic heterocycles. The fraction of sp³-hybridized carbons (Fsp3) is 0.261. The van der Waals surface area contributed by atoms with Crippen LogP contribution < -0.4 is 5.32 Å². The lowest BCUT2D eigenvalue weighted by molar-refractivity contribution is 0.0106. The van der Waals surface area contributed by atoms with Crippen molar-refractivity contribution in [2.45, 2.75) is 32.6 Å². The highest BCUT2D eigenvalue weighted by Gasteiger charge is 2.31. The molecular weight excluding hydrogens is 380 g/mol. The normalized spacial score (nSPS) is 12.8. The highest BCUT2D eigenvalue weighted by molar-refractivity contribution is 5.81. The monoisotopic (exact) mass is 402 g/mol. The Morgan fingerprint density at radius 3 is 1.90 bits per heavy atom. The van der Waals surface area contributed by atoms with Crippen LogP contribution in [0.15, 0.2) is 54.8 Å². The Morgan fingerprint density at radius 2 is 1.48 bits per heavy atom. The molecule has 29 heavy (non-hydrogen) atoms. The zero-order valence-corrected chi connectivity index (χ0v) is 16.7. The van der Waals surface area contributed by atoms with Gasteiger partial charge in [0.25, 0.3) is 11.8 Å². The quantitative estimate of drug-likeness (QED) is 0.339. The molecule has 0 radical (unpaired) electrons. The molecule has 0 spiro atoms. The van der Waals surface area contributed by atoms with Crippen molar-refractivity contribution >= 4 is 5.57 Å². The molecule has 2 nitrogen and oxygen atoms in total. The van der Waals surface area contributed by atoms with Crippen LogP contribution >= 0.6 is 0 Å². The Kier molecular flexibility index (Phi) is 6.22. The first kappa shape index (κ1) is 22.2. The van der Waals surface area contributed by atoms with Gasteiger partial charge < -0.3 is 5.32 Å². The summed E-state index contributed by atoms with van der Waals surface area (Å²) >= 11 is 0. The minimum absolute atomic E-state index is 0.247. The fourth-order valence-electron chi connectivity index (χ4n) is 3.02. The van der Waals surface area contributed by atoms with Crippen molar-refractivity contribution in [2.75, 3.05) is 7.05 Å². The van der Waals surface area contributed by atoms with Gasteiger partial charge in [0.05, 0.1) is 0 Å². The zero-order chi connectivity index (χ0) is 22.0. The Balaban J connectivity index is 2.79. The lowest BCUT2D eigenvalue weighted by Crippen LogP contribution is -2.13. The van der Waals surface area contributed by atoms with E-state index in [4.69, 9.17) is 0 Å². The van der Waals surface area contributed by atoms with Crippen LogP contribution in [0.2, 0.25) is 0 Å². The molecular formula is C23H22F4N2. The molecule has 2 aromatic carbocycles. The van der Waals surface area contributed by atoms with Gasteiger partial charge >= 0.3 is 0 Å². The van der Waals surface area contributed by atoms with E-state index < -0.39 is 23.0 Å². The second kappa shape index (κ2) is 8.12. The van der Waals surface area contributed by atoms with Gasteiger partial charge in [-0.15, -0.1) is 0 Å². The third-order valence-corrected chi connectivity index (χ3v) is 4.50. The molecule has 0 atom stereocenters. The number of hydrogen-bond acceptors (Lipinski definition) is 2. The highest BCUT2D eigenvalue weighted by atomic mass is 19.3. The molecule has 0 saturated carbocycles. The standard InChI is InChI=1S/C23H22F4N2/c1-6-20(21(13-28)29-5)17-8-14(2)7-15(9-17)16-10-18(22(3,24)25)12-19(11-16)23(4,26)27/h6-12,29H,1H2,2-5H3/b21-20+. The molecule has 6 heteroatoms. The highest BCUT2D eigenvalue weighted by Crippen LogP contribution is 2.38.